The van der Waals surface area contributed by atoms with Gasteiger partial charge in [0.1, 0.15) is 17.2 Å². The summed E-state index contributed by atoms with van der Waals surface area (Å²) in [6, 6.07) is 0.284. The third kappa shape index (κ3) is 4.66. The van der Waals surface area contributed by atoms with Gasteiger partial charge in [-0.05, 0) is 26.4 Å². The summed E-state index contributed by atoms with van der Waals surface area (Å²) in [7, 11) is 4.09. The lowest BCUT2D eigenvalue weighted by Crippen LogP contribution is -2.34. The normalized spacial score (nSPS) is 13.1. The Morgan fingerprint density at radius 2 is 2.06 bits per heavy atom. The van der Waals surface area contributed by atoms with Crippen LogP contribution in [0, 0.1) is 5.92 Å². The Hall–Kier alpha value is -1.07. The quantitative estimate of drug-likeness (QED) is 0.829. The summed E-state index contributed by atoms with van der Waals surface area (Å²) in [4.78, 5) is 10.1. The summed E-state index contributed by atoms with van der Waals surface area (Å²) in [6.07, 6.45) is 2.46. The molecule has 1 atom stereocenters. The number of hydrogen-bond donors (Lipinski definition) is 2. The monoisotopic (exact) mass is 271 g/mol. The fourth-order valence-electron chi connectivity index (χ4n) is 1.87. The largest absolute Gasteiger partial charge is 0.382 e. The van der Waals surface area contributed by atoms with Crippen molar-refractivity contribution in [1.82, 2.24) is 14.9 Å². The van der Waals surface area contributed by atoms with Crippen molar-refractivity contribution >= 4 is 23.2 Å². The molecule has 0 aliphatic heterocycles. The van der Waals surface area contributed by atoms with Gasteiger partial charge in [0.15, 0.2) is 5.82 Å². The fourth-order valence-corrected chi connectivity index (χ4v) is 2.02. The van der Waals surface area contributed by atoms with Crippen molar-refractivity contribution in [2.24, 2.45) is 5.92 Å². The lowest BCUT2D eigenvalue weighted by Gasteiger charge is -2.24. The first kappa shape index (κ1) is 15.0. The summed E-state index contributed by atoms with van der Waals surface area (Å²) < 4.78 is 0. The first-order valence-electron chi connectivity index (χ1n) is 6.07. The molecule has 1 aromatic rings. The highest BCUT2D eigenvalue weighted by Crippen LogP contribution is 2.24. The maximum Gasteiger partial charge on any atom is 0.150 e. The first-order valence-corrected chi connectivity index (χ1v) is 6.45. The molecule has 6 heteroatoms. The minimum atomic E-state index is 0.284. The molecule has 0 saturated carbocycles. The van der Waals surface area contributed by atoms with Gasteiger partial charge in [-0.1, -0.05) is 25.4 Å². The molecule has 0 fully saturated rings. The molecular weight excluding hydrogens is 250 g/mol. The van der Waals surface area contributed by atoms with E-state index in [9.17, 15) is 0 Å². The van der Waals surface area contributed by atoms with Crippen LogP contribution in [-0.2, 0) is 0 Å². The van der Waals surface area contributed by atoms with Crippen LogP contribution in [0.1, 0.15) is 20.3 Å². The number of hydrogen-bond acceptors (Lipinski definition) is 5. The molecule has 1 aromatic heterocycles. The van der Waals surface area contributed by atoms with Crippen LogP contribution >= 0.6 is 11.6 Å². The molecule has 0 amide bonds. The van der Waals surface area contributed by atoms with E-state index in [0.29, 0.717) is 22.6 Å². The second-order valence-electron chi connectivity index (χ2n) is 5.15. The Bertz CT molecular complexity index is 371. The SMILES string of the molecule is CC(C)CC(CN(C)C)Nc1ncnc(N)c1Cl. The second-order valence-corrected chi connectivity index (χ2v) is 5.53. The van der Waals surface area contributed by atoms with Gasteiger partial charge in [-0.25, -0.2) is 9.97 Å². The highest BCUT2D eigenvalue weighted by molar-refractivity contribution is 6.35. The number of aromatic nitrogens is 2. The maximum atomic E-state index is 6.08. The Balaban J connectivity index is 2.78. The second kappa shape index (κ2) is 6.75. The third-order valence-electron chi connectivity index (χ3n) is 2.50. The van der Waals surface area contributed by atoms with Crippen molar-refractivity contribution in [2.45, 2.75) is 26.3 Å². The van der Waals surface area contributed by atoms with E-state index in [0.717, 1.165) is 13.0 Å². The van der Waals surface area contributed by atoms with Crippen molar-refractivity contribution in [3.05, 3.63) is 11.3 Å². The Morgan fingerprint density at radius 3 is 2.61 bits per heavy atom. The number of anilines is 2. The Morgan fingerprint density at radius 1 is 1.39 bits per heavy atom. The van der Waals surface area contributed by atoms with Gasteiger partial charge in [0, 0.05) is 12.6 Å². The molecule has 1 heterocycles. The van der Waals surface area contributed by atoms with Crippen LogP contribution in [0.15, 0.2) is 6.33 Å². The number of halogens is 1. The molecule has 102 valence electrons. The van der Waals surface area contributed by atoms with Gasteiger partial charge >= 0.3 is 0 Å². The molecule has 0 saturated heterocycles. The molecule has 0 aromatic carbocycles. The lowest BCUT2D eigenvalue weighted by molar-refractivity contribution is 0.356. The molecule has 0 aliphatic carbocycles. The summed E-state index contributed by atoms with van der Waals surface area (Å²) in [5.41, 5.74) is 5.67. The number of nitrogen functional groups attached to an aromatic ring is 1. The predicted octanol–water partition coefficient (Wildman–Crippen LogP) is 2.10. The van der Waals surface area contributed by atoms with Crippen molar-refractivity contribution in [3.63, 3.8) is 0 Å². The maximum absolute atomic E-state index is 6.08. The van der Waals surface area contributed by atoms with Crippen molar-refractivity contribution in [2.75, 3.05) is 31.7 Å². The van der Waals surface area contributed by atoms with Gasteiger partial charge in [0.25, 0.3) is 0 Å². The van der Waals surface area contributed by atoms with Gasteiger partial charge in [-0.15, -0.1) is 0 Å². The predicted molar refractivity (Wildman–Crippen MR) is 76.9 cm³/mol. The smallest absolute Gasteiger partial charge is 0.150 e. The lowest BCUT2D eigenvalue weighted by atomic mass is 10.0. The number of nitrogens with two attached hydrogens (primary N) is 1. The van der Waals surface area contributed by atoms with Crippen LogP contribution in [0.3, 0.4) is 0 Å². The highest BCUT2D eigenvalue weighted by atomic mass is 35.5. The minimum Gasteiger partial charge on any atom is -0.382 e. The molecule has 0 radical (unpaired) electrons. The molecule has 3 N–H and O–H groups in total. The summed E-state index contributed by atoms with van der Waals surface area (Å²) in [5, 5.41) is 3.74. The fraction of sp³-hybridized carbons (Fsp3) is 0.667. The van der Waals surface area contributed by atoms with Gasteiger partial charge in [-0.3, -0.25) is 0 Å². The number of nitrogens with zero attached hydrogens (tertiary/aromatic N) is 3. The van der Waals surface area contributed by atoms with Crippen LogP contribution in [0.25, 0.3) is 0 Å². The van der Waals surface area contributed by atoms with Gasteiger partial charge in [-0.2, -0.15) is 0 Å². The van der Waals surface area contributed by atoms with Crippen LogP contribution in [-0.4, -0.2) is 41.5 Å². The van der Waals surface area contributed by atoms with Gasteiger partial charge < -0.3 is 16.0 Å². The van der Waals surface area contributed by atoms with Crippen molar-refractivity contribution < 1.29 is 0 Å². The zero-order valence-corrected chi connectivity index (χ0v) is 12.2. The van der Waals surface area contributed by atoms with Gasteiger partial charge in [0.05, 0.1) is 0 Å². The summed E-state index contributed by atoms with van der Waals surface area (Å²) in [5.74, 6) is 1.51. The molecular formula is C12H22ClN5. The molecule has 0 aliphatic rings. The minimum absolute atomic E-state index is 0.284. The van der Waals surface area contributed by atoms with E-state index in [1.807, 2.05) is 14.1 Å². The first-order chi connectivity index (χ1) is 8.40. The number of nitrogens with one attached hydrogen (secondary N) is 1. The van der Waals surface area contributed by atoms with E-state index in [2.05, 4.69) is 34.0 Å². The average Bonchev–Trinajstić information content (AvgIpc) is 2.23. The van der Waals surface area contributed by atoms with Gasteiger partial charge in [0.2, 0.25) is 0 Å². The Kier molecular flexibility index (Phi) is 5.62. The number of rotatable bonds is 6. The Labute approximate surface area is 114 Å². The van der Waals surface area contributed by atoms with Crippen LogP contribution in [0.2, 0.25) is 5.02 Å². The van der Waals surface area contributed by atoms with E-state index in [1.165, 1.54) is 6.33 Å². The summed E-state index contributed by atoms with van der Waals surface area (Å²) >= 11 is 6.08. The molecule has 0 bridgehead atoms. The standard InChI is InChI=1S/C12H22ClN5/c1-8(2)5-9(6-18(3)4)17-12-10(13)11(14)15-7-16-12/h7-9H,5-6H2,1-4H3,(H3,14,15,16,17). The molecule has 1 rings (SSSR count). The average molecular weight is 272 g/mol. The zero-order chi connectivity index (χ0) is 13.7. The molecule has 5 nitrogen and oxygen atoms in total. The molecule has 0 spiro atoms. The van der Waals surface area contributed by atoms with Crippen molar-refractivity contribution in [3.8, 4) is 0 Å². The van der Waals surface area contributed by atoms with E-state index in [-0.39, 0.29) is 6.04 Å². The van der Waals surface area contributed by atoms with Crippen molar-refractivity contribution in [1.29, 1.82) is 0 Å². The summed E-state index contributed by atoms with van der Waals surface area (Å²) in [6.45, 7) is 5.30. The zero-order valence-electron chi connectivity index (χ0n) is 11.4. The molecule has 18 heavy (non-hydrogen) atoms. The van der Waals surface area contributed by atoms with Crippen LogP contribution < -0.4 is 11.1 Å². The van der Waals surface area contributed by atoms with E-state index >= 15 is 0 Å². The van der Waals surface area contributed by atoms with E-state index in [4.69, 9.17) is 17.3 Å². The van der Waals surface area contributed by atoms with Crippen LogP contribution in [0.5, 0.6) is 0 Å². The van der Waals surface area contributed by atoms with E-state index < -0.39 is 0 Å². The highest BCUT2D eigenvalue weighted by Gasteiger charge is 2.15. The molecule has 1 unspecified atom stereocenters. The number of likely N-dealkylation sites (N-methyl/N-ethyl adjacent to an activating group) is 1. The van der Waals surface area contributed by atoms with Crippen LogP contribution in [0.4, 0.5) is 11.6 Å². The topological polar surface area (TPSA) is 67.1 Å². The van der Waals surface area contributed by atoms with E-state index in [1.54, 1.807) is 0 Å². The third-order valence-corrected chi connectivity index (χ3v) is 2.87.